The smallest absolute Gasteiger partial charge is 0.234 e. The minimum Gasteiger partial charge on any atom is -0.234 e. The van der Waals surface area contributed by atoms with Gasteiger partial charge in [-0.3, -0.25) is 0 Å². The molecule has 0 radical (unpaired) electrons. The van der Waals surface area contributed by atoms with Crippen LogP contribution >= 0.6 is 0 Å². The lowest BCUT2D eigenvalue weighted by Crippen LogP contribution is -2.37. The number of hydrogen-bond donors (Lipinski definition) is 0. The SMILES string of the molecule is CCCCCCCCCCCCCCCCCCCc1n(CCCCCCCCCCCCC)cc[n+]1CCCCCCCCCCCCC. The summed E-state index contributed by atoms with van der Waals surface area (Å²) in [6.45, 7) is 9.41. The van der Waals surface area contributed by atoms with Crippen LogP contribution in [-0.4, -0.2) is 4.57 Å². The molecule has 0 unspecified atom stereocenters. The normalized spacial score (nSPS) is 11.7. The van der Waals surface area contributed by atoms with Gasteiger partial charge in [0.1, 0.15) is 12.4 Å². The van der Waals surface area contributed by atoms with Crippen LogP contribution in [0.15, 0.2) is 12.4 Å². The third kappa shape index (κ3) is 30.8. The quantitative estimate of drug-likeness (QED) is 0.0474. The third-order valence-electron chi connectivity index (χ3n) is 11.6. The zero-order chi connectivity index (χ0) is 35.8. The van der Waals surface area contributed by atoms with E-state index in [1.165, 1.54) is 270 Å². The van der Waals surface area contributed by atoms with Crippen LogP contribution in [0.5, 0.6) is 0 Å². The van der Waals surface area contributed by atoms with Crippen LogP contribution in [0.4, 0.5) is 0 Å². The maximum atomic E-state index is 2.65. The van der Waals surface area contributed by atoms with Crippen molar-refractivity contribution in [3.63, 3.8) is 0 Å². The van der Waals surface area contributed by atoms with Gasteiger partial charge >= 0.3 is 0 Å². The second kappa shape index (κ2) is 39.4. The van der Waals surface area contributed by atoms with E-state index in [2.05, 4.69) is 42.3 Å². The Bertz CT molecular complexity index is 723. The van der Waals surface area contributed by atoms with Gasteiger partial charge in [-0.05, 0) is 32.1 Å². The average Bonchev–Trinajstić information content (AvgIpc) is 3.51. The van der Waals surface area contributed by atoms with Crippen molar-refractivity contribution in [2.45, 2.75) is 291 Å². The van der Waals surface area contributed by atoms with E-state index in [9.17, 15) is 0 Å². The van der Waals surface area contributed by atoms with Crippen LogP contribution in [-0.2, 0) is 19.5 Å². The third-order valence-corrected chi connectivity index (χ3v) is 11.6. The van der Waals surface area contributed by atoms with Gasteiger partial charge in [-0.2, -0.15) is 0 Å². The standard InChI is InChI=1S/C48H95N2/c1-4-7-10-13-16-19-22-23-24-25-26-27-28-31-34-37-40-43-48-49(44-41-38-35-32-29-20-17-14-11-8-5-2)46-47-50(48)45-42-39-36-33-30-21-18-15-12-9-6-3/h46-47H,4-45H2,1-3H3/q+1. The molecule has 50 heavy (non-hydrogen) atoms. The average molecular weight is 700 g/mol. The van der Waals surface area contributed by atoms with Gasteiger partial charge in [-0.15, -0.1) is 0 Å². The van der Waals surface area contributed by atoms with Crippen molar-refractivity contribution >= 4 is 0 Å². The van der Waals surface area contributed by atoms with E-state index in [1.54, 1.807) is 5.82 Å². The zero-order valence-electron chi connectivity index (χ0n) is 35.2. The number of hydrogen-bond acceptors (Lipinski definition) is 0. The van der Waals surface area contributed by atoms with Gasteiger partial charge in [-0.25, -0.2) is 9.13 Å². The van der Waals surface area contributed by atoms with Crippen LogP contribution in [0.3, 0.4) is 0 Å². The molecule has 0 saturated carbocycles. The Morgan fingerprint density at radius 3 is 0.960 bits per heavy atom. The number of rotatable bonds is 42. The molecule has 296 valence electrons. The Labute approximate surface area is 317 Å². The molecule has 0 aliphatic carbocycles. The van der Waals surface area contributed by atoms with Gasteiger partial charge in [0.15, 0.2) is 0 Å². The Balaban J connectivity index is 2.24. The van der Waals surface area contributed by atoms with E-state index < -0.39 is 0 Å². The first kappa shape index (κ1) is 47.2. The van der Waals surface area contributed by atoms with Crippen LogP contribution in [0.2, 0.25) is 0 Å². The molecule has 0 amide bonds. The first-order valence-electron chi connectivity index (χ1n) is 23.9. The molecule has 0 N–H and O–H groups in total. The highest BCUT2D eigenvalue weighted by atomic mass is 15.1. The van der Waals surface area contributed by atoms with Gasteiger partial charge in [0.05, 0.1) is 13.1 Å². The summed E-state index contributed by atoms with van der Waals surface area (Å²) in [7, 11) is 0. The van der Waals surface area contributed by atoms with Crippen molar-refractivity contribution in [3.8, 4) is 0 Å². The molecule has 0 atom stereocenters. The predicted octanol–water partition coefficient (Wildman–Crippen LogP) is 16.6. The molecule has 1 rings (SSSR count). The number of nitrogens with zero attached hydrogens (tertiary/aromatic N) is 2. The number of unbranched alkanes of at least 4 members (excludes halogenated alkanes) is 36. The highest BCUT2D eigenvalue weighted by Crippen LogP contribution is 2.17. The van der Waals surface area contributed by atoms with E-state index in [1.807, 2.05) is 0 Å². The van der Waals surface area contributed by atoms with Crippen molar-refractivity contribution in [1.29, 1.82) is 0 Å². The van der Waals surface area contributed by atoms with Crippen LogP contribution in [0.25, 0.3) is 0 Å². The van der Waals surface area contributed by atoms with Crippen LogP contribution < -0.4 is 4.57 Å². The van der Waals surface area contributed by atoms with Gasteiger partial charge in [-0.1, -0.05) is 239 Å². The fraction of sp³-hybridized carbons (Fsp3) is 0.938. The first-order valence-corrected chi connectivity index (χ1v) is 23.9. The minimum atomic E-state index is 1.23. The molecule has 2 heteroatoms. The molecule has 1 heterocycles. The largest absolute Gasteiger partial charge is 0.256 e. The molecule has 0 aliphatic rings. The number of imidazole rings is 1. The van der Waals surface area contributed by atoms with Gasteiger partial charge in [0, 0.05) is 6.42 Å². The highest BCUT2D eigenvalue weighted by molar-refractivity contribution is 4.84. The van der Waals surface area contributed by atoms with Gasteiger partial charge in [0.25, 0.3) is 5.82 Å². The fourth-order valence-corrected chi connectivity index (χ4v) is 8.09. The molecule has 0 aromatic carbocycles. The predicted molar refractivity (Wildman–Crippen MR) is 225 cm³/mol. The summed E-state index contributed by atoms with van der Waals surface area (Å²) < 4.78 is 5.30. The van der Waals surface area contributed by atoms with Crippen molar-refractivity contribution in [3.05, 3.63) is 18.2 Å². The minimum absolute atomic E-state index is 1.23. The second-order valence-electron chi connectivity index (χ2n) is 16.6. The lowest BCUT2D eigenvalue weighted by molar-refractivity contribution is -0.704. The summed E-state index contributed by atoms with van der Waals surface area (Å²) >= 11 is 0. The van der Waals surface area contributed by atoms with Crippen molar-refractivity contribution in [1.82, 2.24) is 4.57 Å². The topological polar surface area (TPSA) is 8.81 Å². The molecule has 0 saturated heterocycles. The molecule has 1 aromatic heterocycles. The first-order chi connectivity index (χ1) is 24.8. The van der Waals surface area contributed by atoms with Gasteiger partial charge < -0.3 is 0 Å². The molecule has 2 nitrogen and oxygen atoms in total. The summed E-state index contributed by atoms with van der Waals surface area (Å²) in [6.07, 6.45) is 62.3. The summed E-state index contributed by atoms with van der Waals surface area (Å²) in [5, 5.41) is 0. The summed E-state index contributed by atoms with van der Waals surface area (Å²) in [5.74, 6) is 1.63. The monoisotopic (exact) mass is 700 g/mol. The van der Waals surface area contributed by atoms with Gasteiger partial charge in [0.2, 0.25) is 0 Å². The van der Waals surface area contributed by atoms with E-state index in [0.717, 1.165) is 0 Å². The molecular formula is C48H95N2+. The maximum absolute atomic E-state index is 2.65. The highest BCUT2D eigenvalue weighted by Gasteiger charge is 2.16. The number of aryl methyl sites for hydroxylation is 2. The molecule has 0 fully saturated rings. The Kier molecular flexibility index (Phi) is 37.2. The van der Waals surface area contributed by atoms with Crippen molar-refractivity contribution in [2.75, 3.05) is 0 Å². The Morgan fingerprint density at radius 1 is 0.340 bits per heavy atom. The van der Waals surface area contributed by atoms with E-state index in [-0.39, 0.29) is 0 Å². The molecule has 0 bridgehead atoms. The maximum Gasteiger partial charge on any atom is 0.256 e. The van der Waals surface area contributed by atoms with Crippen LogP contribution in [0, 0.1) is 0 Å². The summed E-state index contributed by atoms with van der Waals surface area (Å²) in [6, 6.07) is 0. The molecule has 0 aliphatic heterocycles. The lowest BCUT2D eigenvalue weighted by atomic mass is 10.0. The van der Waals surface area contributed by atoms with E-state index in [0.29, 0.717) is 0 Å². The molecule has 0 spiro atoms. The molecule has 1 aromatic rings. The zero-order valence-corrected chi connectivity index (χ0v) is 35.2. The Hall–Kier alpha value is -0.790. The summed E-state index contributed by atoms with van der Waals surface area (Å²) in [5.41, 5.74) is 0. The van der Waals surface area contributed by atoms with Crippen LogP contribution in [0.1, 0.15) is 277 Å². The van der Waals surface area contributed by atoms with E-state index in [4.69, 9.17) is 0 Å². The Morgan fingerprint density at radius 2 is 0.620 bits per heavy atom. The van der Waals surface area contributed by atoms with Crippen molar-refractivity contribution in [2.24, 2.45) is 0 Å². The number of aromatic nitrogens is 2. The molecular weight excluding hydrogens is 605 g/mol. The fourth-order valence-electron chi connectivity index (χ4n) is 8.09. The lowest BCUT2D eigenvalue weighted by Gasteiger charge is -2.07. The van der Waals surface area contributed by atoms with E-state index >= 15 is 0 Å². The second-order valence-corrected chi connectivity index (χ2v) is 16.6. The van der Waals surface area contributed by atoms with Crippen molar-refractivity contribution < 1.29 is 4.57 Å². The summed E-state index contributed by atoms with van der Waals surface area (Å²) in [4.78, 5) is 0.